The van der Waals surface area contributed by atoms with Crippen molar-refractivity contribution in [3.05, 3.63) is 47.8 Å². The van der Waals surface area contributed by atoms with Gasteiger partial charge in [-0.25, -0.2) is 0 Å². The van der Waals surface area contributed by atoms with Gasteiger partial charge in [0.1, 0.15) is 0 Å². The van der Waals surface area contributed by atoms with Gasteiger partial charge >= 0.3 is 0 Å². The Kier molecular flexibility index (Phi) is 5.19. The number of rotatable bonds is 5. The highest BCUT2D eigenvalue weighted by atomic mass is 15.2. The lowest BCUT2D eigenvalue weighted by Crippen LogP contribution is -2.44. The largest absolute Gasteiger partial charge is 0.369 e. The average molecular weight is 430 g/mol. The monoisotopic (exact) mass is 429 g/mol. The summed E-state index contributed by atoms with van der Waals surface area (Å²) in [6.45, 7) is 9.06. The number of aromatic amines is 1. The molecule has 3 fully saturated rings. The zero-order valence-electron chi connectivity index (χ0n) is 19.5. The average Bonchev–Trinajstić information content (AvgIpc) is 3.53. The number of anilines is 1. The van der Waals surface area contributed by atoms with E-state index in [9.17, 15) is 0 Å². The fourth-order valence-corrected chi connectivity index (χ4v) is 6.13. The van der Waals surface area contributed by atoms with Gasteiger partial charge < -0.3 is 14.8 Å². The SMILES string of the molecule is Cc1cc2[nH]c(CCN3CC4CCC3C4)cc2c(-c2ccc(N3CCN(C)CC3)cc2)n1. The number of fused-ring (bicyclic) bond motifs is 3. The maximum absolute atomic E-state index is 4.96. The Morgan fingerprint density at radius 1 is 1.03 bits per heavy atom. The first-order chi connectivity index (χ1) is 15.6. The molecule has 0 amide bonds. The molecule has 2 bridgehead atoms. The Morgan fingerprint density at radius 3 is 2.56 bits per heavy atom. The number of benzene rings is 1. The van der Waals surface area contributed by atoms with Crippen molar-refractivity contribution < 1.29 is 0 Å². The lowest BCUT2D eigenvalue weighted by atomic mass is 10.1. The highest BCUT2D eigenvalue weighted by molar-refractivity contribution is 5.94. The quantitative estimate of drug-likeness (QED) is 0.656. The van der Waals surface area contributed by atoms with E-state index in [2.05, 4.69) is 70.1 Å². The zero-order valence-corrected chi connectivity index (χ0v) is 19.5. The van der Waals surface area contributed by atoms with E-state index in [-0.39, 0.29) is 0 Å². The van der Waals surface area contributed by atoms with Crippen LogP contribution in [-0.2, 0) is 6.42 Å². The first-order valence-electron chi connectivity index (χ1n) is 12.4. The van der Waals surface area contributed by atoms with Crippen LogP contribution in [0.5, 0.6) is 0 Å². The van der Waals surface area contributed by atoms with E-state index in [1.165, 1.54) is 60.2 Å². The number of piperidine rings is 1. The van der Waals surface area contributed by atoms with Crippen LogP contribution in [0.15, 0.2) is 36.4 Å². The van der Waals surface area contributed by atoms with Crippen LogP contribution in [-0.4, -0.2) is 72.1 Å². The molecule has 1 aromatic carbocycles. The van der Waals surface area contributed by atoms with Gasteiger partial charge in [0.05, 0.1) is 5.69 Å². The number of nitrogens with one attached hydrogen (secondary N) is 1. The predicted molar refractivity (Wildman–Crippen MR) is 132 cm³/mol. The number of likely N-dealkylation sites (N-methyl/N-ethyl adjacent to an activating group) is 1. The number of H-pyrrole nitrogens is 1. The number of hydrogen-bond donors (Lipinski definition) is 1. The van der Waals surface area contributed by atoms with Crippen molar-refractivity contribution in [2.24, 2.45) is 5.92 Å². The molecule has 2 aromatic heterocycles. The molecule has 4 heterocycles. The molecule has 32 heavy (non-hydrogen) atoms. The molecule has 1 aliphatic carbocycles. The lowest BCUT2D eigenvalue weighted by molar-refractivity contribution is 0.216. The fraction of sp³-hybridized carbons (Fsp3) is 0.519. The minimum absolute atomic E-state index is 0.850. The van der Waals surface area contributed by atoms with Crippen LogP contribution >= 0.6 is 0 Å². The lowest BCUT2D eigenvalue weighted by Gasteiger charge is -2.34. The number of likely N-dealkylation sites (tertiary alicyclic amines) is 1. The Labute approximate surface area is 191 Å². The smallest absolute Gasteiger partial charge is 0.0799 e. The van der Waals surface area contributed by atoms with Crippen molar-refractivity contribution in [3.63, 3.8) is 0 Å². The van der Waals surface area contributed by atoms with Crippen molar-refractivity contribution in [1.82, 2.24) is 19.8 Å². The molecule has 1 saturated carbocycles. The summed E-state index contributed by atoms with van der Waals surface area (Å²) in [5.41, 5.74) is 7.26. The van der Waals surface area contributed by atoms with E-state index in [4.69, 9.17) is 4.98 Å². The number of nitrogens with zero attached hydrogens (tertiary/aromatic N) is 4. The van der Waals surface area contributed by atoms with E-state index in [0.717, 1.165) is 55.9 Å². The van der Waals surface area contributed by atoms with Crippen LogP contribution in [0, 0.1) is 12.8 Å². The summed E-state index contributed by atoms with van der Waals surface area (Å²) in [6, 6.07) is 14.4. The molecule has 1 N–H and O–H groups in total. The van der Waals surface area contributed by atoms with E-state index in [1.807, 2.05) is 0 Å². The maximum atomic E-state index is 4.96. The van der Waals surface area contributed by atoms with Gasteiger partial charge in [-0.1, -0.05) is 12.1 Å². The highest BCUT2D eigenvalue weighted by Crippen LogP contribution is 2.37. The van der Waals surface area contributed by atoms with Crippen molar-refractivity contribution in [3.8, 4) is 11.3 Å². The summed E-state index contributed by atoms with van der Waals surface area (Å²) in [4.78, 5) is 16.3. The first-order valence-corrected chi connectivity index (χ1v) is 12.4. The van der Waals surface area contributed by atoms with Gasteiger partial charge in [0.2, 0.25) is 0 Å². The van der Waals surface area contributed by atoms with Crippen LogP contribution in [0.2, 0.25) is 0 Å². The standard InChI is InChI=1S/C27H35N5/c1-19-15-26-25(17-22(29-26)9-10-32-18-20-3-6-24(32)16-20)27(28-19)21-4-7-23(8-5-21)31-13-11-30(2)12-14-31/h4-5,7-8,15,17,20,24,29H,3,6,9-14,16,18H2,1-2H3. The topological polar surface area (TPSA) is 38.4 Å². The summed E-state index contributed by atoms with van der Waals surface area (Å²) in [5, 5.41) is 1.25. The number of hydrogen-bond acceptors (Lipinski definition) is 4. The number of piperazine rings is 1. The molecule has 2 atom stereocenters. The van der Waals surface area contributed by atoms with Gasteiger partial charge in [0, 0.05) is 85.3 Å². The van der Waals surface area contributed by atoms with Crippen LogP contribution in [0.1, 0.15) is 30.7 Å². The molecular weight excluding hydrogens is 394 g/mol. The van der Waals surface area contributed by atoms with Gasteiger partial charge in [0.15, 0.2) is 0 Å². The molecule has 2 aliphatic heterocycles. The molecule has 3 aromatic rings. The molecule has 168 valence electrons. The fourth-order valence-electron chi connectivity index (χ4n) is 6.13. The van der Waals surface area contributed by atoms with Crippen molar-refractivity contribution in [1.29, 1.82) is 0 Å². The Morgan fingerprint density at radius 2 is 1.84 bits per heavy atom. The summed E-state index contributed by atoms with van der Waals surface area (Å²) < 4.78 is 0. The second-order valence-corrected chi connectivity index (χ2v) is 10.3. The van der Waals surface area contributed by atoms with Crippen LogP contribution in [0.25, 0.3) is 22.2 Å². The van der Waals surface area contributed by atoms with Crippen molar-refractivity contribution >= 4 is 16.6 Å². The van der Waals surface area contributed by atoms with Gasteiger partial charge in [-0.2, -0.15) is 0 Å². The van der Waals surface area contributed by atoms with Crippen LogP contribution in [0.4, 0.5) is 5.69 Å². The van der Waals surface area contributed by atoms with Crippen molar-refractivity contribution in [2.45, 2.75) is 38.6 Å². The minimum Gasteiger partial charge on any atom is -0.369 e. The third-order valence-electron chi connectivity index (χ3n) is 8.00. The van der Waals surface area contributed by atoms with E-state index < -0.39 is 0 Å². The molecule has 5 heteroatoms. The van der Waals surface area contributed by atoms with E-state index in [0.29, 0.717) is 0 Å². The molecule has 2 saturated heterocycles. The molecule has 5 nitrogen and oxygen atoms in total. The number of pyridine rings is 1. The van der Waals surface area contributed by atoms with Gasteiger partial charge in [-0.05, 0) is 63.4 Å². The second-order valence-electron chi connectivity index (χ2n) is 10.3. The van der Waals surface area contributed by atoms with Crippen LogP contribution in [0.3, 0.4) is 0 Å². The van der Waals surface area contributed by atoms with Crippen molar-refractivity contribution in [2.75, 3.05) is 51.2 Å². The third kappa shape index (κ3) is 3.82. The van der Waals surface area contributed by atoms with Crippen LogP contribution < -0.4 is 4.90 Å². The first kappa shape index (κ1) is 20.3. The molecule has 0 spiro atoms. The third-order valence-corrected chi connectivity index (χ3v) is 8.00. The van der Waals surface area contributed by atoms with E-state index >= 15 is 0 Å². The molecule has 2 unspecified atom stereocenters. The Bertz CT molecular complexity index is 1090. The normalized spacial score (nSPS) is 24.1. The van der Waals surface area contributed by atoms with E-state index in [1.54, 1.807) is 0 Å². The number of aryl methyl sites for hydroxylation is 1. The zero-order chi connectivity index (χ0) is 21.7. The van der Waals surface area contributed by atoms with Gasteiger partial charge in [-0.3, -0.25) is 9.88 Å². The maximum Gasteiger partial charge on any atom is 0.0799 e. The number of aromatic nitrogens is 2. The molecule has 3 aliphatic rings. The highest BCUT2D eigenvalue weighted by Gasteiger charge is 2.37. The summed E-state index contributed by atoms with van der Waals surface area (Å²) in [7, 11) is 2.20. The predicted octanol–water partition coefficient (Wildman–Crippen LogP) is 4.32. The molecular formula is C27H35N5. The minimum atomic E-state index is 0.850. The molecule has 6 rings (SSSR count). The van der Waals surface area contributed by atoms with Gasteiger partial charge in [0.25, 0.3) is 0 Å². The molecule has 0 radical (unpaired) electrons. The second kappa shape index (κ2) is 8.20. The Hall–Kier alpha value is -2.37. The van der Waals surface area contributed by atoms with Gasteiger partial charge in [-0.15, -0.1) is 0 Å². The summed E-state index contributed by atoms with van der Waals surface area (Å²) in [6.07, 6.45) is 5.40. The summed E-state index contributed by atoms with van der Waals surface area (Å²) in [5.74, 6) is 0.968. The Balaban J connectivity index is 1.22. The summed E-state index contributed by atoms with van der Waals surface area (Å²) >= 11 is 0.